The van der Waals surface area contributed by atoms with Gasteiger partial charge < -0.3 is 10.1 Å². The number of hydrogen-bond donors (Lipinski definition) is 1. The Balaban J connectivity index is 1.77. The van der Waals surface area contributed by atoms with Crippen molar-refractivity contribution in [1.29, 1.82) is 0 Å². The molecule has 0 aliphatic rings. The summed E-state index contributed by atoms with van der Waals surface area (Å²) in [5.41, 5.74) is 3.75. The highest BCUT2D eigenvalue weighted by Gasteiger charge is 2.22. The molecule has 0 radical (unpaired) electrons. The average molecular weight is 460 g/mol. The third-order valence-electron chi connectivity index (χ3n) is 5.42. The molecule has 1 heterocycles. The summed E-state index contributed by atoms with van der Waals surface area (Å²) in [4.78, 5) is 31.4. The van der Waals surface area contributed by atoms with E-state index in [2.05, 4.69) is 5.32 Å². The van der Waals surface area contributed by atoms with Crippen LogP contribution in [0, 0.1) is 13.8 Å². The van der Waals surface area contributed by atoms with Crippen molar-refractivity contribution in [2.75, 3.05) is 12.4 Å². The SMILES string of the molecule is COc1ccccc1NC(=O)C(C)Sc1nc2ccccc2c(=O)n1-c1c(C)cccc1C. The normalized spacial score (nSPS) is 11.9. The van der Waals surface area contributed by atoms with Gasteiger partial charge in [0.25, 0.3) is 5.56 Å². The van der Waals surface area contributed by atoms with Gasteiger partial charge in [0, 0.05) is 0 Å². The van der Waals surface area contributed by atoms with Crippen LogP contribution in [-0.2, 0) is 4.79 Å². The van der Waals surface area contributed by atoms with E-state index in [0.717, 1.165) is 16.8 Å². The largest absolute Gasteiger partial charge is 0.495 e. The molecule has 4 rings (SSSR count). The van der Waals surface area contributed by atoms with Crippen molar-refractivity contribution in [3.8, 4) is 11.4 Å². The summed E-state index contributed by atoms with van der Waals surface area (Å²) in [5, 5.41) is 3.41. The van der Waals surface area contributed by atoms with Crippen LogP contribution < -0.4 is 15.6 Å². The van der Waals surface area contributed by atoms with Crippen molar-refractivity contribution in [2.24, 2.45) is 0 Å². The van der Waals surface area contributed by atoms with E-state index >= 15 is 0 Å². The Bertz CT molecular complexity index is 1380. The minimum Gasteiger partial charge on any atom is -0.495 e. The lowest BCUT2D eigenvalue weighted by atomic mass is 10.1. The second-order valence-corrected chi connectivity index (χ2v) is 9.05. The van der Waals surface area contributed by atoms with Crippen molar-refractivity contribution >= 4 is 34.3 Å². The Morgan fingerprint density at radius 1 is 1.00 bits per heavy atom. The van der Waals surface area contributed by atoms with Crippen LogP contribution in [0.5, 0.6) is 5.75 Å². The topological polar surface area (TPSA) is 73.2 Å². The molecular formula is C26H25N3O3S. The van der Waals surface area contributed by atoms with Gasteiger partial charge in [-0.05, 0) is 56.2 Å². The number of ether oxygens (including phenoxy) is 1. The molecule has 0 aliphatic heterocycles. The maximum Gasteiger partial charge on any atom is 0.266 e. The predicted molar refractivity (Wildman–Crippen MR) is 134 cm³/mol. The van der Waals surface area contributed by atoms with Crippen LogP contribution in [0.4, 0.5) is 5.69 Å². The third kappa shape index (κ3) is 4.50. The van der Waals surface area contributed by atoms with Gasteiger partial charge in [0.1, 0.15) is 5.75 Å². The number of nitrogens with zero attached hydrogens (tertiary/aromatic N) is 2. The first-order valence-electron chi connectivity index (χ1n) is 10.6. The quantitative estimate of drug-likeness (QED) is 0.320. The van der Waals surface area contributed by atoms with Crippen LogP contribution >= 0.6 is 11.8 Å². The van der Waals surface area contributed by atoms with Gasteiger partial charge in [0.05, 0.1) is 34.6 Å². The Kier molecular flexibility index (Phi) is 6.51. The van der Waals surface area contributed by atoms with Gasteiger partial charge >= 0.3 is 0 Å². The molecule has 7 heteroatoms. The molecule has 1 N–H and O–H groups in total. The van der Waals surface area contributed by atoms with Crippen LogP contribution in [0.15, 0.2) is 76.7 Å². The fourth-order valence-electron chi connectivity index (χ4n) is 3.74. The van der Waals surface area contributed by atoms with Crippen LogP contribution in [0.1, 0.15) is 18.1 Å². The lowest BCUT2D eigenvalue weighted by molar-refractivity contribution is -0.115. The second kappa shape index (κ2) is 9.50. The van der Waals surface area contributed by atoms with Gasteiger partial charge in [-0.15, -0.1) is 0 Å². The third-order valence-corrected chi connectivity index (χ3v) is 6.48. The van der Waals surface area contributed by atoms with Gasteiger partial charge in [-0.2, -0.15) is 0 Å². The van der Waals surface area contributed by atoms with Crippen LogP contribution in [0.25, 0.3) is 16.6 Å². The monoisotopic (exact) mass is 459 g/mol. The molecule has 1 atom stereocenters. The maximum atomic E-state index is 13.6. The number of methoxy groups -OCH3 is 1. The number of carbonyl (C=O) groups excluding carboxylic acids is 1. The number of fused-ring (bicyclic) bond motifs is 1. The molecule has 4 aromatic rings. The van der Waals surface area contributed by atoms with Crippen molar-refractivity contribution < 1.29 is 9.53 Å². The summed E-state index contributed by atoms with van der Waals surface area (Å²) in [5.74, 6) is 0.374. The number of para-hydroxylation sites is 4. The van der Waals surface area contributed by atoms with E-state index in [1.54, 1.807) is 36.8 Å². The first kappa shape index (κ1) is 22.6. The number of anilines is 1. The van der Waals surface area contributed by atoms with Crippen molar-refractivity contribution in [2.45, 2.75) is 31.2 Å². The smallest absolute Gasteiger partial charge is 0.266 e. The van der Waals surface area contributed by atoms with Crippen LogP contribution in [0.2, 0.25) is 0 Å². The molecule has 3 aromatic carbocycles. The number of aryl methyl sites for hydroxylation is 2. The molecule has 1 aromatic heterocycles. The van der Waals surface area contributed by atoms with Crippen molar-refractivity contribution in [3.63, 3.8) is 0 Å². The molecule has 0 saturated heterocycles. The van der Waals surface area contributed by atoms with E-state index in [1.165, 1.54) is 11.8 Å². The van der Waals surface area contributed by atoms with Gasteiger partial charge in [-0.1, -0.05) is 54.2 Å². The number of benzene rings is 3. The molecule has 0 spiro atoms. The van der Waals surface area contributed by atoms with E-state index in [0.29, 0.717) is 27.5 Å². The highest BCUT2D eigenvalue weighted by atomic mass is 32.2. The Hall–Kier alpha value is -3.58. The van der Waals surface area contributed by atoms with E-state index in [9.17, 15) is 9.59 Å². The number of thioether (sulfide) groups is 1. The van der Waals surface area contributed by atoms with E-state index in [4.69, 9.17) is 9.72 Å². The number of rotatable bonds is 6. The number of amides is 1. The fourth-order valence-corrected chi connectivity index (χ4v) is 4.65. The zero-order valence-corrected chi connectivity index (χ0v) is 19.8. The van der Waals surface area contributed by atoms with E-state index in [-0.39, 0.29) is 11.5 Å². The number of hydrogen-bond acceptors (Lipinski definition) is 5. The minimum atomic E-state index is -0.515. The molecule has 0 fully saturated rings. The highest BCUT2D eigenvalue weighted by molar-refractivity contribution is 8.00. The Morgan fingerprint density at radius 3 is 2.39 bits per heavy atom. The highest BCUT2D eigenvalue weighted by Crippen LogP contribution is 2.29. The second-order valence-electron chi connectivity index (χ2n) is 7.74. The maximum absolute atomic E-state index is 13.6. The van der Waals surface area contributed by atoms with Crippen molar-refractivity contribution in [1.82, 2.24) is 9.55 Å². The summed E-state index contributed by atoms with van der Waals surface area (Å²) < 4.78 is 6.96. The predicted octanol–water partition coefficient (Wildman–Crippen LogP) is 5.13. The number of aromatic nitrogens is 2. The lowest BCUT2D eigenvalue weighted by Crippen LogP contribution is -2.27. The standard InChI is InChI=1S/C26H25N3O3S/c1-16-10-9-11-17(2)23(16)29-25(31)19-12-5-6-13-20(19)28-26(29)33-18(3)24(30)27-21-14-7-8-15-22(21)32-4/h5-15,18H,1-4H3,(H,27,30). The van der Waals surface area contributed by atoms with Gasteiger partial charge in [0.2, 0.25) is 5.91 Å². The van der Waals surface area contributed by atoms with E-state index in [1.807, 2.05) is 62.4 Å². The summed E-state index contributed by atoms with van der Waals surface area (Å²) in [7, 11) is 1.56. The minimum absolute atomic E-state index is 0.155. The molecule has 6 nitrogen and oxygen atoms in total. The molecule has 0 saturated carbocycles. The zero-order valence-electron chi connectivity index (χ0n) is 19.0. The van der Waals surface area contributed by atoms with Crippen molar-refractivity contribution in [3.05, 3.63) is 88.2 Å². The zero-order chi connectivity index (χ0) is 23.5. The summed E-state index contributed by atoms with van der Waals surface area (Å²) in [6, 6.07) is 20.4. The van der Waals surface area contributed by atoms with Gasteiger partial charge in [0.15, 0.2) is 5.16 Å². The summed E-state index contributed by atoms with van der Waals surface area (Å²) >= 11 is 1.25. The van der Waals surface area contributed by atoms with E-state index < -0.39 is 5.25 Å². The number of carbonyl (C=O) groups is 1. The molecule has 1 amide bonds. The molecule has 0 bridgehead atoms. The van der Waals surface area contributed by atoms with Crippen LogP contribution in [-0.4, -0.2) is 27.8 Å². The fraction of sp³-hybridized carbons (Fsp3) is 0.192. The van der Waals surface area contributed by atoms with Gasteiger partial charge in [-0.3, -0.25) is 14.2 Å². The molecule has 0 aliphatic carbocycles. The first-order chi connectivity index (χ1) is 15.9. The first-order valence-corrected chi connectivity index (χ1v) is 11.5. The summed E-state index contributed by atoms with van der Waals surface area (Å²) in [6.07, 6.45) is 0. The molecule has 168 valence electrons. The summed E-state index contributed by atoms with van der Waals surface area (Å²) in [6.45, 7) is 5.73. The average Bonchev–Trinajstić information content (AvgIpc) is 2.81. The Morgan fingerprint density at radius 2 is 1.67 bits per heavy atom. The molecule has 1 unspecified atom stereocenters. The number of nitrogens with one attached hydrogen (secondary N) is 1. The lowest BCUT2D eigenvalue weighted by Gasteiger charge is -2.19. The van der Waals surface area contributed by atoms with Gasteiger partial charge in [-0.25, -0.2) is 4.98 Å². The Labute approximate surface area is 196 Å². The molecular weight excluding hydrogens is 434 g/mol. The molecule has 33 heavy (non-hydrogen) atoms. The van der Waals surface area contributed by atoms with Crippen LogP contribution in [0.3, 0.4) is 0 Å².